The van der Waals surface area contributed by atoms with E-state index in [4.69, 9.17) is 5.11 Å². The predicted octanol–water partition coefficient (Wildman–Crippen LogP) is 2.65. The second-order valence-electron chi connectivity index (χ2n) is 13.4. The van der Waals surface area contributed by atoms with Crippen LogP contribution in [0, 0.1) is 23.7 Å². The molecule has 0 aromatic carbocycles. The number of hydrogen-bond donors (Lipinski definition) is 4. The number of carboxylic acid groups (broad SMARTS) is 1. The van der Waals surface area contributed by atoms with Crippen LogP contribution in [-0.2, 0) is 19.2 Å². The highest BCUT2D eigenvalue weighted by Crippen LogP contribution is 2.22. The van der Waals surface area contributed by atoms with E-state index in [0.717, 1.165) is 84.0 Å². The number of likely N-dealkylation sites (tertiary alicyclic amines) is 2. The Morgan fingerprint density at radius 2 is 1.16 bits per heavy atom. The first-order valence-corrected chi connectivity index (χ1v) is 16.5. The highest BCUT2D eigenvalue weighted by Gasteiger charge is 2.28. The van der Waals surface area contributed by atoms with E-state index < -0.39 is 5.97 Å². The lowest BCUT2D eigenvalue weighted by Gasteiger charge is -2.37. The third-order valence-corrected chi connectivity index (χ3v) is 9.29. The molecule has 0 bridgehead atoms. The van der Waals surface area contributed by atoms with E-state index in [1.54, 1.807) is 18.7 Å². The Hall–Kier alpha value is -2.24. The number of piperidine rings is 2. The second-order valence-corrected chi connectivity index (χ2v) is 13.4. The Morgan fingerprint density at radius 3 is 1.55 bits per heavy atom. The van der Waals surface area contributed by atoms with Gasteiger partial charge in [-0.15, -0.1) is 0 Å². The Balaban J connectivity index is 0.000000359. The predicted molar refractivity (Wildman–Crippen MR) is 176 cm³/mol. The molecule has 2 atom stereocenters. The van der Waals surface area contributed by atoms with Crippen molar-refractivity contribution in [2.24, 2.45) is 23.7 Å². The van der Waals surface area contributed by atoms with Crippen molar-refractivity contribution in [1.29, 1.82) is 0 Å². The van der Waals surface area contributed by atoms with Gasteiger partial charge in [-0.05, 0) is 49.4 Å². The van der Waals surface area contributed by atoms with E-state index >= 15 is 0 Å². The van der Waals surface area contributed by atoms with Crippen LogP contribution in [0.25, 0.3) is 0 Å². The van der Waals surface area contributed by atoms with Crippen LogP contribution in [0.3, 0.4) is 0 Å². The average Bonchev–Trinajstić information content (AvgIpc) is 2.98. The van der Waals surface area contributed by atoms with Crippen LogP contribution in [0.15, 0.2) is 0 Å². The van der Waals surface area contributed by atoms with Crippen molar-refractivity contribution in [3.63, 3.8) is 0 Å². The number of hydrogen-bond acceptors (Lipinski definition) is 7. The Bertz CT molecular complexity index is 863. The molecule has 11 nitrogen and oxygen atoms in total. The van der Waals surface area contributed by atoms with Gasteiger partial charge in [0.2, 0.25) is 17.7 Å². The first-order chi connectivity index (χ1) is 20.4. The summed E-state index contributed by atoms with van der Waals surface area (Å²) in [5, 5.41) is 18.9. The normalized spacial score (nSPS) is 23.1. The minimum Gasteiger partial charge on any atom is -0.481 e. The quantitative estimate of drug-likeness (QED) is 0.355. The maximum Gasteiger partial charge on any atom is 0.303 e. The summed E-state index contributed by atoms with van der Waals surface area (Å²) in [6, 6.07) is 1.11. The molecular weight excluding hydrogens is 560 g/mol. The van der Waals surface area contributed by atoms with Crippen molar-refractivity contribution >= 4 is 23.7 Å². The molecule has 4 rings (SSSR count). The number of nitrogens with zero attached hydrogens (tertiary/aromatic N) is 3. The monoisotopic (exact) mass is 624 g/mol. The van der Waals surface area contributed by atoms with E-state index in [2.05, 4.69) is 43.6 Å². The van der Waals surface area contributed by atoms with Crippen molar-refractivity contribution < 1.29 is 24.3 Å². The van der Waals surface area contributed by atoms with E-state index in [-0.39, 0.29) is 31.6 Å². The first-order valence-electron chi connectivity index (χ1n) is 16.5. The van der Waals surface area contributed by atoms with Crippen molar-refractivity contribution in [3.8, 4) is 0 Å². The molecule has 0 aromatic heterocycles. The molecule has 4 saturated heterocycles. The van der Waals surface area contributed by atoms with Gasteiger partial charge in [-0.3, -0.25) is 19.2 Å². The average molecular weight is 625 g/mol. The molecule has 4 heterocycles. The molecule has 0 spiro atoms. The summed E-state index contributed by atoms with van der Waals surface area (Å²) in [6.45, 7) is 21.1. The summed E-state index contributed by atoms with van der Waals surface area (Å²) in [5.74, 6) is 1.82. The van der Waals surface area contributed by atoms with Gasteiger partial charge in [0.05, 0.1) is 0 Å². The Labute approximate surface area is 267 Å². The van der Waals surface area contributed by atoms with Gasteiger partial charge in [0, 0.05) is 104 Å². The minimum atomic E-state index is -0.735. The fourth-order valence-corrected chi connectivity index (χ4v) is 6.13. The SMILES string of the molecule is C.CC(=O)N1CCC(CC(=O)N2CCNC(C(C)C)C2)CC1.CC(=O)N1CCC(CC(=O)O)CC1.CC(C)C1CNCCN1. The zero-order chi connectivity index (χ0) is 31.9. The van der Waals surface area contributed by atoms with Gasteiger partial charge in [-0.25, -0.2) is 0 Å². The maximum atomic E-state index is 12.5. The number of rotatable bonds is 6. The molecule has 44 heavy (non-hydrogen) atoms. The molecule has 0 aliphatic carbocycles. The molecule has 11 heteroatoms. The van der Waals surface area contributed by atoms with Gasteiger partial charge in [0.25, 0.3) is 0 Å². The van der Waals surface area contributed by atoms with Crippen LogP contribution in [0.1, 0.15) is 87.5 Å². The van der Waals surface area contributed by atoms with Gasteiger partial charge < -0.3 is 35.8 Å². The van der Waals surface area contributed by atoms with Crippen molar-refractivity contribution in [3.05, 3.63) is 0 Å². The summed E-state index contributed by atoms with van der Waals surface area (Å²) in [5.41, 5.74) is 0. The number of aliphatic carboxylic acids is 1. The third-order valence-electron chi connectivity index (χ3n) is 9.29. The molecule has 4 fully saturated rings. The van der Waals surface area contributed by atoms with E-state index in [9.17, 15) is 19.2 Å². The number of amides is 3. The lowest BCUT2D eigenvalue weighted by Crippen LogP contribution is -2.54. The van der Waals surface area contributed by atoms with Crippen LogP contribution < -0.4 is 16.0 Å². The minimum absolute atomic E-state index is 0. The molecule has 4 N–H and O–H groups in total. The van der Waals surface area contributed by atoms with Gasteiger partial charge in [-0.2, -0.15) is 0 Å². The van der Waals surface area contributed by atoms with E-state index in [0.29, 0.717) is 49.3 Å². The fourth-order valence-electron chi connectivity index (χ4n) is 6.13. The molecule has 0 aromatic rings. The lowest BCUT2D eigenvalue weighted by atomic mass is 9.92. The maximum absolute atomic E-state index is 12.5. The first kappa shape index (κ1) is 39.8. The van der Waals surface area contributed by atoms with Gasteiger partial charge in [0.15, 0.2) is 0 Å². The topological polar surface area (TPSA) is 134 Å². The number of nitrogens with one attached hydrogen (secondary N) is 3. The van der Waals surface area contributed by atoms with E-state index in [1.165, 1.54) is 0 Å². The third kappa shape index (κ3) is 14.7. The number of carboxylic acids is 1. The molecular formula is C33H64N6O5. The Morgan fingerprint density at radius 1 is 0.682 bits per heavy atom. The highest BCUT2D eigenvalue weighted by atomic mass is 16.4. The lowest BCUT2D eigenvalue weighted by molar-refractivity contribution is -0.139. The fraction of sp³-hybridized carbons (Fsp3) is 0.879. The van der Waals surface area contributed by atoms with Crippen molar-refractivity contribution in [2.45, 2.75) is 99.6 Å². The molecule has 2 unspecified atom stereocenters. The molecule has 4 aliphatic heterocycles. The summed E-state index contributed by atoms with van der Waals surface area (Å²) in [7, 11) is 0. The number of carbonyl (C=O) groups is 4. The zero-order valence-electron chi connectivity index (χ0n) is 27.7. The summed E-state index contributed by atoms with van der Waals surface area (Å²) in [6.07, 6.45) is 4.47. The second kappa shape index (κ2) is 20.7. The van der Waals surface area contributed by atoms with Gasteiger partial charge in [0.1, 0.15) is 0 Å². The van der Waals surface area contributed by atoms with Crippen LogP contribution >= 0.6 is 0 Å². The number of piperazine rings is 2. The van der Waals surface area contributed by atoms with Crippen molar-refractivity contribution in [2.75, 3.05) is 65.4 Å². The molecule has 4 aliphatic rings. The largest absolute Gasteiger partial charge is 0.481 e. The van der Waals surface area contributed by atoms with Crippen LogP contribution in [0.2, 0.25) is 0 Å². The summed E-state index contributed by atoms with van der Waals surface area (Å²) in [4.78, 5) is 50.8. The Kier molecular flexibility index (Phi) is 18.7. The summed E-state index contributed by atoms with van der Waals surface area (Å²) >= 11 is 0. The zero-order valence-corrected chi connectivity index (χ0v) is 27.7. The smallest absolute Gasteiger partial charge is 0.303 e. The molecule has 0 saturated carbocycles. The van der Waals surface area contributed by atoms with Crippen LogP contribution in [0.4, 0.5) is 0 Å². The van der Waals surface area contributed by atoms with E-state index in [1.807, 2.05) is 9.80 Å². The summed E-state index contributed by atoms with van der Waals surface area (Å²) < 4.78 is 0. The van der Waals surface area contributed by atoms with Gasteiger partial charge in [-0.1, -0.05) is 35.1 Å². The number of carbonyl (C=O) groups excluding carboxylic acids is 3. The highest BCUT2D eigenvalue weighted by molar-refractivity contribution is 5.77. The molecule has 0 radical (unpaired) electrons. The van der Waals surface area contributed by atoms with Gasteiger partial charge >= 0.3 is 5.97 Å². The molecule has 256 valence electrons. The standard InChI is InChI=1S/C16H29N3O2.C9H15NO3.C7H16N2.CH4/c1-12(2)15-11-19(9-6-17-15)16(21)10-14-4-7-18(8-5-14)13(3)20;1-7(11)10-4-2-8(3-5-10)6-9(12)13;1-6(2)7-5-8-3-4-9-7;/h12,14-15,17H,4-11H2,1-3H3;8H,2-6H2,1H3,(H,12,13);6-9H,3-5H2,1-2H3;1H4. The van der Waals surface area contributed by atoms with Crippen LogP contribution in [0.5, 0.6) is 0 Å². The molecule has 3 amide bonds. The van der Waals surface area contributed by atoms with Crippen molar-refractivity contribution in [1.82, 2.24) is 30.7 Å². The van der Waals surface area contributed by atoms with Crippen LogP contribution in [-0.4, -0.2) is 121 Å².